The Hall–Kier alpha value is -5.83. The highest BCUT2D eigenvalue weighted by molar-refractivity contribution is 7.89. The summed E-state index contributed by atoms with van der Waals surface area (Å²) in [6.07, 6.45) is 2.83. The molecule has 63 heavy (non-hydrogen) atoms. The summed E-state index contributed by atoms with van der Waals surface area (Å²) in [6.45, 7) is 24.8. The predicted molar refractivity (Wildman–Crippen MR) is 273 cm³/mol. The minimum atomic E-state index is -4.05. The quantitative estimate of drug-likeness (QED) is 0.0771. The number of hydrogen-bond donors (Lipinski definition) is 1. The van der Waals surface area contributed by atoms with Gasteiger partial charge >= 0.3 is 0 Å². The van der Waals surface area contributed by atoms with E-state index in [1.807, 2.05) is 18.2 Å². The number of nitrogens with two attached hydrogens (primary N) is 1. The molecule has 330 valence electrons. The zero-order valence-electron chi connectivity index (χ0n) is 38.7. The molecule has 2 N–H and O–H groups in total. The zero-order chi connectivity index (χ0) is 45.1. The molecule has 6 aromatic carbocycles. The number of rotatable bonds is 20. The van der Waals surface area contributed by atoms with Gasteiger partial charge in [-0.05, 0) is 178 Å². The zero-order valence-corrected chi connectivity index (χ0v) is 39.6. The van der Waals surface area contributed by atoms with E-state index in [-0.39, 0.29) is 4.90 Å². The fraction of sp³-hybridized carbons (Fsp3) is 0.309. The molecule has 0 unspecified atom stereocenters. The van der Waals surface area contributed by atoms with Crippen molar-refractivity contribution < 1.29 is 8.42 Å². The third kappa shape index (κ3) is 10.7. The third-order valence-corrected chi connectivity index (χ3v) is 13.4. The molecule has 0 spiro atoms. The fourth-order valence-corrected chi connectivity index (χ4v) is 9.48. The van der Waals surface area contributed by atoms with Crippen LogP contribution >= 0.6 is 0 Å². The van der Waals surface area contributed by atoms with Crippen LogP contribution in [0.4, 0.5) is 22.7 Å². The maximum Gasteiger partial charge on any atom is 0.238 e. The monoisotopic (exact) mass is 862 g/mol. The number of nitrogens with zero attached hydrogens (tertiary/aromatic N) is 4. The van der Waals surface area contributed by atoms with Gasteiger partial charge < -0.3 is 19.6 Å². The highest BCUT2D eigenvalue weighted by atomic mass is 32.2. The molecular formula is C55H67N5O2S. The molecule has 0 amide bonds. The number of sulfonamides is 1. The normalized spacial score (nSPS) is 11.3. The van der Waals surface area contributed by atoms with E-state index >= 15 is 0 Å². The number of primary sulfonamides is 1. The van der Waals surface area contributed by atoms with Crippen LogP contribution in [0.15, 0.2) is 144 Å². The highest BCUT2D eigenvalue weighted by Crippen LogP contribution is 2.41. The molecule has 0 radical (unpaired) electrons. The predicted octanol–water partition coefficient (Wildman–Crippen LogP) is 12.4. The van der Waals surface area contributed by atoms with E-state index in [9.17, 15) is 8.42 Å². The average Bonchev–Trinajstić information content (AvgIpc) is 3.31. The van der Waals surface area contributed by atoms with Gasteiger partial charge in [0.15, 0.2) is 0 Å². The maximum absolute atomic E-state index is 13.3. The summed E-state index contributed by atoms with van der Waals surface area (Å²) in [7, 11) is -4.05. The molecule has 0 saturated heterocycles. The molecule has 0 fully saturated rings. The molecule has 8 heteroatoms. The Morgan fingerprint density at radius 2 is 0.825 bits per heavy atom. The van der Waals surface area contributed by atoms with Crippen molar-refractivity contribution in [2.75, 3.05) is 72.0 Å². The minimum absolute atomic E-state index is 0.0880. The van der Waals surface area contributed by atoms with E-state index in [2.05, 4.69) is 184 Å². The van der Waals surface area contributed by atoms with Gasteiger partial charge in [-0.15, -0.1) is 0 Å². The first-order chi connectivity index (χ1) is 30.5. The molecule has 0 aliphatic rings. The summed E-state index contributed by atoms with van der Waals surface area (Å²) in [5, 5.41) is 7.74. The van der Waals surface area contributed by atoms with Crippen LogP contribution in [0.2, 0.25) is 0 Å². The number of anilines is 4. The SMILES string of the molecule is CCN(CC)c1ccc(C(=CCC(=C(c2ccc(N(CC)CC)cc2)c2ccc(N(CC)CC)cc2)c2cc(S(N)(=O)=O)cc3ccccc23)c2ccc(N(CC)CC)cc2)cc1. The first-order valence-electron chi connectivity index (χ1n) is 22.9. The van der Waals surface area contributed by atoms with Crippen molar-refractivity contribution in [3.8, 4) is 0 Å². The molecule has 6 aromatic rings. The molecule has 0 aromatic heterocycles. The lowest BCUT2D eigenvalue weighted by atomic mass is 9.84. The van der Waals surface area contributed by atoms with Crippen LogP contribution < -0.4 is 24.7 Å². The second kappa shape index (κ2) is 21.5. The average molecular weight is 862 g/mol. The Bertz CT molecular complexity index is 2470. The summed E-state index contributed by atoms with van der Waals surface area (Å²) in [4.78, 5) is 9.51. The Morgan fingerprint density at radius 1 is 0.476 bits per heavy atom. The summed E-state index contributed by atoms with van der Waals surface area (Å²) >= 11 is 0. The second-order valence-electron chi connectivity index (χ2n) is 15.8. The fourth-order valence-electron chi connectivity index (χ4n) is 8.90. The van der Waals surface area contributed by atoms with E-state index in [0.717, 1.165) is 119 Å². The summed E-state index contributed by atoms with van der Waals surface area (Å²) < 4.78 is 26.6. The molecule has 7 nitrogen and oxygen atoms in total. The highest BCUT2D eigenvalue weighted by Gasteiger charge is 2.21. The van der Waals surface area contributed by atoms with Gasteiger partial charge in [0.2, 0.25) is 10.0 Å². The molecule has 0 heterocycles. The number of benzene rings is 6. The van der Waals surface area contributed by atoms with Crippen LogP contribution in [-0.2, 0) is 10.0 Å². The van der Waals surface area contributed by atoms with Gasteiger partial charge in [-0.25, -0.2) is 13.6 Å². The Labute approximate surface area is 378 Å². The van der Waals surface area contributed by atoms with Gasteiger partial charge in [0.25, 0.3) is 0 Å². The first-order valence-corrected chi connectivity index (χ1v) is 24.5. The van der Waals surface area contributed by atoms with Crippen molar-refractivity contribution in [2.24, 2.45) is 5.14 Å². The molecule has 0 aliphatic heterocycles. The van der Waals surface area contributed by atoms with Gasteiger partial charge in [-0.1, -0.05) is 78.9 Å². The molecule has 0 atom stereocenters. The van der Waals surface area contributed by atoms with Gasteiger partial charge in [0.1, 0.15) is 0 Å². The maximum atomic E-state index is 13.3. The van der Waals surface area contributed by atoms with Crippen LogP contribution in [0.1, 0.15) is 89.6 Å². The number of allylic oxidation sites excluding steroid dienone is 2. The van der Waals surface area contributed by atoms with Gasteiger partial charge in [0, 0.05) is 75.1 Å². The summed E-state index contributed by atoms with van der Waals surface area (Å²) in [5.41, 5.74) is 13.0. The summed E-state index contributed by atoms with van der Waals surface area (Å²) in [5.74, 6) is 0. The van der Waals surface area contributed by atoms with Gasteiger partial charge in [0.05, 0.1) is 4.90 Å². The standard InChI is InChI=1S/C55H67N5O2S/c1-9-57(10-2)46-29-21-41(22-30-46)51(42-23-31-47(32-24-42)58(11-3)12-4)37-38-53(54-40-50(63(56,61)62)39-45-19-17-18-20-52(45)54)55(43-25-33-48(34-26-43)59(13-5)14-6)44-27-35-49(36-28-44)60(15-7)16-8/h17-37,39-40H,9-16,38H2,1-8H3,(H2,56,61,62). The molecule has 0 bridgehead atoms. The lowest BCUT2D eigenvalue weighted by Crippen LogP contribution is -2.21. The van der Waals surface area contributed by atoms with Crippen molar-refractivity contribution in [3.63, 3.8) is 0 Å². The van der Waals surface area contributed by atoms with Crippen molar-refractivity contribution in [1.29, 1.82) is 0 Å². The first kappa shape index (κ1) is 46.7. The van der Waals surface area contributed by atoms with Crippen LogP contribution in [-0.4, -0.2) is 60.8 Å². The van der Waals surface area contributed by atoms with E-state index in [4.69, 9.17) is 5.14 Å². The van der Waals surface area contributed by atoms with Crippen LogP contribution in [0.5, 0.6) is 0 Å². The lowest BCUT2D eigenvalue weighted by molar-refractivity contribution is 0.598. The van der Waals surface area contributed by atoms with Gasteiger partial charge in [-0.3, -0.25) is 0 Å². The molecule has 0 aliphatic carbocycles. The largest absolute Gasteiger partial charge is 0.372 e. The van der Waals surface area contributed by atoms with Crippen molar-refractivity contribution in [3.05, 3.63) is 167 Å². The summed E-state index contributed by atoms with van der Waals surface area (Å²) in [6, 6.07) is 47.0. The van der Waals surface area contributed by atoms with Crippen molar-refractivity contribution in [2.45, 2.75) is 66.7 Å². The third-order valence-electron chi connectivity index (χ3n) is 12.5. The van der Waals surface area contributed by atoms with Gasteiger partial charge in [-0.2, -0.15) is 0 Å². The second-order valence-corrected chi connectivity index (χ2v) is 17.4. The minimum Gasteiger partial charge on any atom is -0.372 e. The molecular weight excluding hydrogens is 795 g/mol. The van der Waals surface area contributed by atoms with Crippen LogP contribution in [0.3, 0.4) is 0 Å². The Morgan fingerprint density at radius 3 is 1.17 bits per heavy atom. The van der Waals surface area contributed by atoms with Crippen LogP contribution in [0, 0.1) is 0 Å². The number of fused-ring (bicyclic) bond motifs is 1. The Kier molecular flexibility index (Phi) is 15.9. The lowest BCUT2D eigenvalue weighted by Gasteiger charge is -2.24. The van der Waals surface area contributed by atoms with E-state index in [0.29, 0.717) is 6.42 Å². The topological polar surface area (TPSA) is 73.1 Å². The smallest absolute Gasteiger partial charge is 0.238 e. The van der Waals surface area contributed by atoms with Crippen LogP contribution in [0.25, 0.3) is 27.5 Å². The van der Waals surface area contributed by atoms with E-state index in [1.54, 1.807) is 12.1 Å². The van der Waals surface area contributed by atoms with Crippen molar-refractivity contribution in [1.82, 2.24) is 0 Å². The molecule has 0 saturated carbocycles. The van der Waals surface area contributed by atoms with E-state index in [1.165, 1.54) is 11.4 Å². The van der Waals surface area contributed by atoms with Crippen molar-refractivity contribution >= 4 is 60.3 Å². The number of hydrogen-bond acceptors (Lipinski definition) is 6. The molecule has 6 rings (SSSR count). The van der Waals surface area contributed by atoms with E-state index < -0.39 is 10.0 Å². The Balaban J connectivity index is 1.70.